The fourth-order valence-corrected chi connectivity index (χ4v) is 2.79. The fourth-order valence-electron chi connectivity index (χ4n) is 2.79. The normalized spacial score (nSPS) is 23.6. The van der Waals surface area contributed by atoms with E-state index in [1.807, 2.05) is 18.2 Å². The summed E-state index contributed by atoms with van der Waals surface area (Å²) in [6.45, 7) is 0.786. The quantitative estimate of drug-likeness (QED) is 0.880. The van der Waals surface area contributed by atoms with E-state index in [-0.39, 0.29) is 5.92 Å². The van der Waals surface area contributed by atoms with E-state index >= 15 is 0 Å². The Hall–Kier alpha value is -1.88. The van der Waals surface area contributed by atoms with Crippen molar-refractivity contribution in [1.82, 2.24) is 10.3 Å². The first-order valence-electron chi connectivity index (χ1n) is 6.52. The summed E-state index contributed by atoms with van der Waals surface area (Å²) >= 11 is 0. The van der Waals surface area contributed by atoms with Crippen molar-refractivity contribution in [1.29, 1.82) is 0 Å². The standard InChI is InChI=1S/C14H16N2O3/c17-14(18)13-10(2-1-5-15-13)6-9-3-4-11-12(7-9)19-8-16-11/h3-4,7-8,10,13,15H,1-2,5-6H2,(H,17,18). The van der Waals surface area contributed by atoms with Crippen LogP contribution in [0.4, 0.5) is 0 Å². The molecule has 5 nitrogen and oxygen atoms in total. The van der Waals surface area contributed by atoms with Gasteiger partial charge in [0.1, 0.15) is 11.6 Å². The van der Waals surface area contributed by atoms with Crippen molar-refractivity contribution in [3.05, 3.63) is 30.2 Å². The summed E-state index contributed by atoms with van der Waals surface area (Å²) in [5.41, 5.74) is 2.69. The molecule has 0 aliphatic carbocycles. The molecule has 0 saturated carbocycles. The molecule has 19 heavy (non-hydrogen) atoms. The van der Waals surface area contributed by atoms with Gasteiger partial charge in [-0.3, -0.25) is 4.79 Å². The van der Waals surface area contributed by atoms with E-state index in [0.717, 1.165) is 42.5 Å². The van der Waals surface area contributed by atoms with Crippen LogP contribution < -0.4 is 5.32 Å². The second-order valence-corrected chi connectivity index (χ2v) is 5.03. The minimum absolute atomic E-state index is 0.131. The number of carboxylic acids is 1. The van der Waals surface area contributed by atoms with Crippen molar-refractivity contribution >= 4 is 17.1 Å². The Labute approximate surface area is 110 Å². The molecule has 3 rings (SSSR count). The molecule has 1 aliphatic rings. The first-order chi connectivity index (χ1) is 9.24. The van der Waals surface area contributed by atoms with Gasteiger partial charge in [0.05, 0.1) is 0 Å². The maximum atomic E-state index is 11.2. The Morgan fingerprint density at radius 1 is 1.53 bits per heavy atom. The van der Waals surface area contributed by atoms with Crippen LogP contribution in [0.3, 0.4) is 0 Å². The third-order valence-corrected chi connectivity index (χ3v) is 3.75. The molecule has 5 heteroatoms. The lowest BCUT2D eigenvalue weighted by atomic mass is 9.85. The molecular weight excluding hydrogens is 244 g/mol. The van der Waals surface area contributed by atoms with Crippen LogP contribution in [0.15, 0.2) is 29.0 Å². The molecule has 0 bridgehead atoms. The molecule has 1 aromatic heterocycles. The Morgan fingerprint density at radius 2 is 2.42 bits per heavy atom. The molecule has 2 heterocycles. The van der Waals surface area contributed by atoms with Crippen molar-refractivity contribution < 1.29 is 14.3 Å². The van der Waals surface area contributed by atoms with Gasteiger partial charge in [0, 0.05) is 0 Å². The summed E-state index contributed by atoms with van der Waals surface area (Å²) in [6, 6.07) is 5.42. The van der Waals surface area contributed by atoms with E-state index in [1.54, 1.807) is 0 Å². The van der Waals surface area contributed by atoms with E-state index in [2.05, 4.69) is 10.3 Å². The van der Waals surface area contributed by atoms with Crippen LogP contribution in [0.25, 0.3) is 11.1 Å². The van der Waals surface area contributed by atoms with E-state index in [9.17, 15) is 9.90 Å². The molecular formula is C14H16N2O3. The maximum Gasteiger partial charge on any atom is 0.320 e. The van der Waals surface area contributed by atoms with E-state index < -0.39 is 12.0 Å². The van der Waals surface area contributed by atoms with Gasteiger partial charge >= 0.3 is 5.97 Å². The van der Waals surface area contributed by atoms with Gasteiger partial charge in [0.2, 0.25) is 0 Å². The summed E-state index contributed by atoms with van der Waals surface area (Å²) in [5, 5.41) is 12.3. The van der Waals surface area contributed by atoms with Crippen molar-refractivity contribution in [3.63, 3.8) is 0 Å². The predicted octanol–water partition coefficient (Wildman–Crippen LogP) is 1.82. The Kier molecular flexibility index (Phi) is 3.21. The van der Waals surface area contributed by atoms with Crippen LogP contribution in [0, 0.1) is 5.92 Å². The molecule has 100 valence electrons. The molecule has 0 spiro atoms. The number of nitrogens with zero attached hydrogens (tertiary/aromatic N) is 1. The predicted molar refractivity (Wildman–Crippen MR) is 69.9 cm³/mol. The monoisotopic (exact) mass is 260 g/mol. The van der Waals surface area contributed by atoms with Crippen LogP contribution in [0.2, 0.25) is 0 Å². The zero-order chi connectivity index (χ0) is 13.2. The molecule has 2 N–H and O–H groups in total. The first-order valence-corrected chi connectivity index (χ1v) is 6.52. The summed E-state index contributed by atoms with van der Waals surface area (Å²) < 4.78 is 5.28. The topological polar surface area (TPSA) is 75.4 Å². The van der Waals surface area contributed by atoms with Crippen LogP contribution >= 0.6 is 0 Å². The Morgan fingerprint density at radius 3 is 3.26 bits per heavy atom. The first kappa shape index (κ1) is 12.2. The highest BCUT2D eigenvalue weighted by molar-refractivity contribution is 5.74. The zero-order valence-corrected chi connectivity index (χ0v) is 10.5. The number of benzene rings is 1. The van der Waals surface area contributed by atoms with Gasteiger partial charge in [-0.25, -0.2) is 4.98 Å². The van der Waals surface area contributed by atoms with Gasteiger partial charge in [-0.1, -0.05) is 6.07 Å². The van der Waals surface area contributed by atoms with Gasteiger partial charge < -0.3 is 14.8 Å². The Balaban J connectivity index is 1.80. The summed E-state index contributed by atoms with van der Waals surface area (Å²) in [5.74, 6) is -0.628. The van der Waals surface area contributed by atoms with Crippen LogP contribution in [-0.2, 0) is 11.2 Å². The number of hydrogen-bond donors (Lipinski definition) is 2. The average molecular weight is 260 g/mol. The summed E-state index contributed by atoms with van der Waals surface area (Å²) in [4.78, 5) is 15.3. The highest BCUT2D eigenvalue weighted by Gasteiger charge is 2.30. The number of carboxylic acid groups (broad SMARTS) is 1. The molecule has 2 atom stereocenters. The van der Waals surface area contributed by atoms with Crippen molar-refractivity contribution in [2.75, 3.05) is 6.54 Å². The number of piperidine rings is 1. The minimum atomic E-state index is -0.759. The lowest BCUT2D eigenvalue weighted by Gasteiger charge is -2.29. The van der Waals surface area contributed by atoms with Crippen molar-refractivity contribution in [2.45, 2.75) is 25.3 Å². The lowest BCUT2D eigenvalue weighted by Crippen LogP contribution is -2.47. The molecule has 1 saturated heterocycles. The van der Waals surface area contributed by atoms with Gasteiger partial charge in [-0.05, 0) is 49.4 Å². The molecule has 2 aromatic rings. The van der Waals surface area contributed by atoms with Crippen LogP contribution in [0.1, 0.15) is 18.4 Å². The van der Waals surface area contributed by atoms with Gasteiger partial charge in [0.15, 0.2) is 12.0 Å². The average Bonchev–Trinajstić information content (AvgIpc) is 2.86. The van der Waals surface area contributed by atoms with Gasteiger partial charge in [-0.2, -0.15) is 0 Å². The summed E-state index contributed by atoms with van der Waals surface area (Å²) in [7, 11) is 0. The highest BCUT2D eigenvalue weighted by Crippen LogP contribution is 2.23. The Bertz CT molecular complexity index is 593. The zero-order valence-electron chi connectivity index (χ0n) is 10.5. The van der Waals surface area contributed by atoms with Crippen LogP contribution in [-0.4, -0.2) is 28.6 Å². The van der Waals surface area contributed by atoms with Crippen molar-refractivity contribution in [3.8, 4) is 0 Å². The molecule has 1 fully saturated rings. The molecule has 0 amide bonds. The number of aromatic nitrogens is 1. The minimum Gasteiger partial charge on any atom is -0.480 e. The number of hydrogen-bond acceptors (Lipinski definition) is 4. The third kappa shape index (κ3) is 2.46. The smallest absolute Gasteiger partial charge is 0.320 e. The fraction of sp³-hybridized carbons (Fsp3) is 0.429. The highest BCUT2D eigenvalue weighted by atomic mass is 16.4. The molecule has 2 unspecified atom stereocenters. The van der Waals surface area contributed by atoms with Gasteiger partial charge in [0.25, 0.3) is 0 Å². The number of rotatable bonds is 3. The van der Waals surface area contributed by atoms with Crippen molar-refractivity contribution in [2.24, 2.45) is 5.92 Å². The molecule has 0 radical (unpaired) electrons. The second-order valence-electron chi connectivity index (χ2n) is 5.03. The van der Waals surface area contributed by atoms with E-state index in [4.69, 9.17) is 4.42 Å². The third-order valence-electron chi connectivity index (χ3n) is 3.75. The SMILES string of the molecule is O=C(O)C1NCCCC1Cc1ccc2ncoc2c1. The summed E-state index contributed by atoms with van der Waals surface area (Å²) in [6.07, 6.45) is 4.15. The maximum absolute atomic E-state index is 11.2. The van der Waals surface area contributed by atoms with Gasteiger partial charge in [-0.15, -0.1) is 0 Å². The number of carbonyl (C=O) groups is 1. The number of nitrogens with one attached hydrogen (secondary N) is 1. The largest absolute Gasteiger partial charge is 0.480 e. The molecule has 1 aliphatic heterocycles. The van der Waals surface area contributed by atoms with E-state index in [0.29, 0.717) is 0 Å². The lowest BCUT2D eigenvalue weighted by molar-refractivity contribution is -0.141. The number of fused-ring (bicyclic) bond motifs is 1. The van der Waals surface area contributed by atoms with E-state index in [1.165, 1.54) is 6.39 Å². The van der Waals surface area contributed by atoms with Crippen LogP contribution in [0.5, 0.6) is 0 Å². The number of oxazole rings is 1. The number of aliphatic carboxylic acids is 1. The second kappa shape index (κ2) is 5.01. The molecule has 1 aromatic carbocycles.